The van der Waals surface area contributed by atoms with E-state index >= 15 is 0 Å². The van der Waals surface area contributed by atoms with E-state index in [2.05, 4.69) is 0 Å². The molecule has 0 saturated carbocycles. The van der Waals surface area contributed by atoms with Crippen molar-refractivity contribution in [3.63, 3.8) is 0 Å². The fourth-order valence-electron chi connectivity index (χ4n) is 3.26. The standard InChI is InChI=1S/C16H19FN2O3/c1-18-14(20)10-13(16(21)19-5-7-22-8-6-19)15(18)11-3-2-4-12(17)9-11/h2-4,9,13,15H,5-8,10H2,1H3. The van der Waals surface area contributed by atoms with Crippen molar-refractivity contribution in [2.24, 2.45) is 5.92 Å². The molecule has 2 atom stereocenters. The van der Waals surface area contributed by atoms with Crippen LogP contribution in [-0.2, 0) is 14.3 Å². The number of halogens is 1. The van der Waals surface area contributed by atoms with Crippen molar-refractivity contribution in [2.45, 2.75) is 12.5 Å². The minimum atomic E-state index is -0.461. The highest BCUT2D eigenvalue weighted by molar-refractivity contribution is 5.90. The van der Waals surface area contributed by atoms with Crippen LogP contribution in [0.25, 0.3) is 0 Å². The van der Waals surface area contributed by atoms with E-state index in [1.165, 1.54) is 12.1 Å². The lowest BCUT2D eigenvalue weighted by Gasteiger charge is -2.32. The van der Waals surface area contributed by atoms with E-state index in [1.54, 1.807) is 29.0 Å². The number of benzene rings is 1. The van der Waals surface area contributed by atoms with Crippen molar-refractivity contribution in [1.82, 2.24) is 9.80 Å². The molecule has 6 heteroatoms. The molecule has 118 valence electrons. The van der Waals surface area contributed by atoms with Gasteiger partial charge in [0.25, 0.3) is 0 Å². The molecule has 2 aliphatic heterocycles. The number of ether oxygens (including phenoxy) is 1. The number of amides is 2. The summed E-state index contributed by atoms with van der Waals surface area (Å²) in [6.07, 6.45) is 0.174. The first-order valence-corrected chi connectivity index (χ1v) is 7.45. The van der Waals surface area contributed by atoms with E-state index in [4.69, 9.17) is 4.74 Å². The molecule has 3 rings (SSSR count). The van der Waals surface area contributed by atoms with Gasteiger partial charge in [-0.15, -0.1) is 0 Å². The summed E-state index contributed by atoms with van der Waals surface area (Å²) >= 11 is 0. The Morgan fingerprint density at radius 2 is 2.05 bits per heavy atom. The third kappa shape index (κ3) is 2.70. The number of hydrogen-bond donors (Lipinski definition) is 0. The van der Waals surface area contributed by atoms with Crippen LogP contribution in [0.3, 0.4) is 0 Å². The molecule has 5 nitrogen and oxygen atoms in total. The maximum absolute atomic E-state index is 13.5. The number of likely N-dealkylation sites (tertiary alicyclic amines) is 1. The monoisotopic (exact) mass is 306 g/mol. The third-order valence-electron chi connectivity index (χ3n) is 4.42. The van der Waals surface area contributed by atoms with Gasteiger partial charge in [-0.1, -0.05) is 12.1 Å². The van der Waals surface area contributed by atoms with Gasteiger partial charge < -0.3 is 14.5 Å². The van der Waals surface area contributed by atoms with Crippen LogP contribution in [0.5, 0.6) is 0 Å². The molecule has 2 fully saturated rings. The normalized spacial score (nSPS) is 25.6. The Kier molecular flexibility index (Phi) is 4.11. The maximum atomic E-state index is 13.5. The number of hydrogen-bond acceptors (Lipinski definition) is 3. The second-order valence-electron chi connectivity index (χ2n) is 5.75. The number of carbonyl (C=O) groups is 2. The van der Waals surface area contributed by atoms with E-state index in [1.807, 2.05) is 0 Å². The van der Waals surface area contributed by atoms with Crippen molar-refractivity contribution in [3.8, 4) is 0 Å². The van der Waals surface area contributed by atoms with Gasteiger partial charge in [0.05, 0.1) is 25.2 Å². The fraction of sp³-hybridized carbons (Fsp3) is 0.500. The van der Waals surface area contributed by atoms with Crippen LogP contribution in [-0.4, -0.2) is 55.0 Å². The molecule has 0 aliphatic carbocycles. The second-order valence-corrected chi connectivity index (χ2v) is 5.75. The lowest BCUT2D eigenvalue weighted by Crippen LogP contribution is -2.44. The summed E-state index contributed by atoms with van der Waals surface area (Å²) in [5.41, 5.74) is 0.667. The minimum Gasteiger partial charge on any atom is -0.378 e. The average Bonchev–Trinajstić information content (AvgIpc) is 2.83. The third-order valence-corrected chi connectivity index (χ3v) is 4.42. The predicted molar refractivity (Wildman–Crippen MR) is 77.4 cm³/mol. The Balaban J connectivity index is 1.87. The summed E-state index contributed by atoms with van der Waals surface area (Å²) in [5, 5.41) is 0. The summed E-state index contributed by atoms with van der Waals surface area (Å²) in [6.45, 7) is 2.13. The van der Waals surface area contributed by atoms with Gasteiger partial charge in [0, 0.05) is 26.6 Å². The van der Waals surface area contributed by atoms with Crippen LogP contribution in [0.4, 0.5) is 4.39 Å². The van der Waals surface area contributed by atoms with Crippen LogP contribution < -0.4 is 0 Å². The highest BCUT2D eigenvalue weighted by atomic mass is 19.1. The van der Waals surface area contributed by atoms with Crippen LogP contribution >= 0.6 is 0 Å². The Bertz CT molecular complexity index is 587. The highest BCUT2D eigenvalue weighted by Crippen LogP contribution is 2.38. The van der Waals surface area contributed by atoms with Crippen LogP contribution in [0, 0.1) is 11.7 Å². The van der Waals surface area contributed by atoms with Gasteiger partial charge in [-0.2, -0.15) is 0 Å². The molecule has 1 aromatic carbocycles. The Morgan fingerprint density at radius 3 is 2.73 bits per heavy atom. The van der Waals surface area contributed by atoms with Gasteiger partial charge in [0.1, 0.15) is 5.82 Å². The number of morpholine rings is 1. The minimum absolute atomic E-state index is 0.0461. The Hall–Kier alpha value is -1.95. The maximum Gasteiger partial charge on any atom is 0.228 e. The zero-order valence-electron chi connectivity index (χ0n) is 12.5. The molecule has 2 aliphatic rings. The summed E-state index contributed by atoms with van der Waals surface area (Å²) in [7, 11) is 1.67. The van der Waals surface area contributed by atoms with Gasteiger partial charge in [-0.3, -0.25) is 9.59 Å². The molecule has 0 bridgehead atoms. The largest absolute Gasteiger partial charge is 0.378 e. The molecular formula is C16H19FN2O3. The zero-order valence-corrected chi connectivity index (χ0v) is 12.5. The van der Waals surface area contributed by atoms with Crippen molar-refractivity contribution in [3.05, 3.63) is 35.6 Å². The second kappa shape index (κ2) is 6.04. The van der Waals surface area contributed by atoms with Crippen molar-refractivity contribution in [2.75, 3.05) is 33.4 Å². The van der Waals surface area contributed by atoms with Gasteiger partial charge in [0.15, 0.2) is 0 Å². The first kappa shape index (κ1) is 15.0. The van der Waals surface area contributed by atoms with Crippen LogP contribution in [0.2, 0.25) is 0 Å². The van der Waals surface area contributed by atoms with Crippen molar-refractivity contribution < 1.29 is 18.7 Å². The van der Waals surface area contributed by atoms with Crippen LogP contribution in [0.1, 0.15) is 18.0 Å². The topological polar surface area (TPSA) is 49.9 Å². The number of rotatable bonds is 2. The smallest absolute Gasteiger partial charge is 0.228 e. The quantitative estimate of drug-likeness (QED) is 0.825. The predicted octanol–water partition coefficient (Wildman–Crippen LogP) is 1.20. The summed E-state index contributed by atoms with van der Waals surface area (Å²) in [4.78, 5) is 28.1. The molecule has 0 spiro atoms. The lowest BCUT2D eigenvalue weighted by molar-refractivity contribution is -0.140. The van der Waals surface area contributed by atoms with E-state index in [-0.39, 0.29) is 24.1 Å². The molecule has 0 aromatic heterocycles. The first-order valence-electron chi connectivity index (χ1n) is 7.45. The average molecular weight is 306 g/mol. The van der Waals surface area contributed by atoms with E-state index in [9.17, 15) is 14.0 Å². The van der Waals surface area contributed by atoms with Crippen LogP contribution in [0.15, 0.2) is 24.3 Å². The van der Waals surface area contributed by atoms with E-state index in [0.29, 0.717) is 31.9 Å². The van der Waals surface area contributed by atoms with E-state index < -0.39 is 12.0 Å². The van der Waals surface area contributed by atoms with E-state index in [0.717, 1.165) is 0 Å². The lowest BCUT2D eigenvalue weighted by atomic mass is 9.92. The van der Waals surface area contributed by atoms with Gasteiger partial charge in [0.2, 0.25) is 11.8 Å². The summed E-state index contributed by atoms with van der Waals surface area (Å²) < 4.78 is 18.8. The molecule has 1 aromatic rings. The van der Waals surface area contributed by atoms with Crippen molar-refractivity contribution in [1.29, 1.82) is 0 Å². The highest BCUT2D eigenvalue weighted by Gasteiger charge is 2.44. The zero-order chi connectivity index (χ0) is 15.7. The van der Waals surface area contributed by atoms with Gasteiger partial charge in [-0.25, -0.2) is 4.39 Å². The molecule has 2 heterocycles. The van der Waals surface area contributed by atoms with Gasteiger partial charge >= 0.3 is 0 Å². The first-order chi connectivity index (χ1) is 10.6. The molecule has 0 radical (unpaired) electrons. The Morgan fingerprint density at radius 1 is 1.32 bits per heavy atom. The number of nitrogens with zero attached hydrogens (tertiary/aromatic N) is 2. The molecule has 22 heavy (non-hydrogen) atoms. The number of carbonyl (C=O) groups excluding carboxylic acids is 2. The van der Waals surface area contributed by atoms with Gasteiger partial charge in [-0.05, 0) is 17.7 Å². The fourth-order valence-corrected chi connectivity index (χ4v) is 3.26. The molecular weight excluding hydrogens is 287 g/mol. The molecule has 0 N–H and O–H groups in total. The molecule has 2 unspecified atom stereocenters. The summed E-state index contributed by atoms with van der Waals surface area (Å²) in [5.74, 6) is -0.948. The SMILES string of the molecule is CN1C(=O)CC(C(=O)N2CCOCC2)C1c1cccc(F)c1. The molecule has 2 amide bonds. The van der Waals surface area contributed by atoms with Crippen molar-refractivity contribution >= 4 is 11.8 Å². The Labute approximate surface area is 128 Å². The molecule has 2 saturated heterocycles. The summed E-state index contributed by atoms with van der Waals surface area (Å²) in [6, 6.07) is 5.73.